The van der Waals surface area contributed by atoms with E-state index in [1.807, 2.05) is 18.4 Å². The molecule has 1 heterocycles. The quantitative estimate of drug-likeness (QED) is 0.685. The van der Waals surface area contributed by atoms with Crippen LogP contribution < -0.4 is 5.32 Å². The van der Waals surface area contributed by atoms with E-state index in [1.165, 1.54) is 24.3 Å². The fraction of sp³-hybridized carbons (Fsp3) is 0.667. The topological polar surface area (TPSA) is 15.3 Å². The van der Waals surface area contributed by atoms with Gasteiger partial charge in [0, 0.05) is 11.4 Å². The number of hydrogen-bond donors (Lipinski definition) is 1. The molecular formula is C12H22N2S. The zero-order chi connectivity index (χ0) is 10.9. The maximum atomic E-state index is 3.19. The van der Waals surface area contributed by atoms with E-state index in [9.17, 15) is 0 Å². The Labute approximate surface area is 97.3 Å². The minimum atomic E-state index is 1.12. The maximum absolute atomic E-state index is 3.19. The predicted molar refractivity (Wildman–Crippen MR) is 68.4 cm³/mol. The molecule has 0 spiro atoms. The molecule has 1 N–H and O–H groups in total. The van der Waals surface area contributed by atoms with Gasteiger partial charge in [-0.25, -0.2) is 0 Å². The van der Waals surface area contributed by atoms with E-state index in [1.54, 1.807) is 0 Å². The molecule has 0 fully saturated rings. The Hall–Kier alpha value is -0.380. The van der Waals surface area contributed by atoms with Crippen molar-refractivity contribution in [2.45, 2.75) is 26.3 Å². The molecule has 1 rings (SSSR count). The lowest BCUT2D eigenvalue weighted by Gasteiger charge is -2.19. The second kappa shape index (κ2) is 7.85. The molecule has 1 aromatic heterocycles. The minimum absolute atomic E-state index is 1.12. The third-order valence-electron chi connectivity index (χ3n) is 2.56. The van der Waals surface area contributed by atoms with Crippen LogP contribution in [-0.2, 0) is 6.54 Å². The van der Waals surface area contributed by atoms with Crippen LogP contribution in [0.4, 0.5) is 0 Å². The van der Waals surface area contributed by atoms with Crippen molar-refractivity contribution in [1.82, 2.24) is 10.2 Å². The first-order valence-electron chi connectivity index (χ1n) is 5.76. The van der Waals surface area contributed by atoms with Crippen molar-refractivity contribution >= 4 is 11.3 Å². The lowest BCUT2D eigenvalue weighted by atomic mass is 10.3. The maximum Gasteiger partial charge on any atom is 0.0327 e. The SMILES string of the molecule is CCN(CCCCNC)Cc1cccs1. The number of unbranched alkanes of at least 4 members (excludes halogenated alkanes) is 1. The zero-order valence-corrected chi connectivity index (χ0v) is 10.6. The molecule has 0 unspecified atom stereocenters. The number of rotatable bonds is 8. The van der Waals surface area contributed by atoms with Crippen LogP contribution in [0, 0.1) is 0 Å². The highest BCUT2D eigenvalue weighted by Crippen LogP contribution is 2.11. The van der Waals surface area contributed by atoms with Gasteiger partial charge in [-0.3, -0.25) is 4.90 Å². The van der Waals surface area contributed by atoms with Gasteiger partial charge in [0.15, 0.2) is 0 Å². The molecule has 0 aliphatic rings. The summed E-state index contributed by atoms with van der Waals surface area (Å²) in [6, 6.07) is 4.36. The minimum Gasteiger partial charge on any atom is -0.320 e. The van der Waals surface area contributed by atoms with Gasteiger partial charge in [0.1, 0.15) is 0 Å². The van der Waals surface area contributed by atoms with Crippen molar-refractivity contribution in [3.63, 3.8) is 0 Å². The molecule has 0 radical (unpaired) electrons. The third-order valence-corrected chi connectivity index (χ3v) is 3.42. The molecule has 2 nitrogen and oxygen atoms in total. The van der Waals surface area contributed by atoms with Gasteiger partial charge >= 0.3 is 0 Å². The van der Waals surface area contributed by atoms with E-state index >= 15 is 0 Å². The summed E-state index contributed by atoms with van der Waals surface area (Å²) < 4.78 is 0. The number of thiophene rings is 1. The summed E-state index contributed by atoms with van der Waals surface area (Å²) in [7, 11) is 2.02. The van der Waals surface area contributed by atoms with Gasteiger partial charge in [-0.2, -0.15) is 0 Å². The van der Waals surface area contributed by atoms with Crippen LogP contribution in [-0.4, -0.2) is 31.6 Å². The largest absolute Gasteiger partial charge is 0.320 e. The Bertz CT molecular complexity index is 234. The molecule has 0 aliphatic heterocycles. The first-order valence-corrected chi connectivity index (χ1v) is 6.64. The Kier molecular flexibility index (Phi) is 6.64. The van der Waals surface area contributed by atoms with Crippen LogP contribution in [0.2, 0.25) is 0 Å². The summed E-state index contributed by atoms with van der Waals surface area (Å²) in [5.41, 5.74) is 0. The van der Waals surface area contributed by atoms with E-state index in [0.29, 0.717) is 0 Å². The van der Waals surface area contributed by atoms with E-state index in [2.05, 4.69) is 34.7 Å². The molecular weight excluding hydrogens is 204 g/mol. The van der Waals surface area contributed by atoms with Gasteiger partial charge in [-0.1, -0.05) is 13.0 Å². The normalized spacial score (nSPS) is 11.1. The van der Waals surface area contributed by atoms with Gasteiger partial charge in [0.2, 0.25) is 0 Å². The highest BCUT2D eigenvalue weighted by Gasteiger charge is 2.03. The highest BCUT2D eigenvalue weighted by molar-refractivity contribution is 7.09. The average Bonchev–Trinajstić information content (AvgIpc) is 2.75. The summed E-state index contributed by atoms with van der Waals surface area (Å²) in [4.78, 5) is 3.99. The highest BCUT2D eigenvalue weighted by atomic mass is 32.1. The molecule has 0 bridgehead atoms. The van der Waals surface area contributed by atoms with Crippen LogP contribution in [0.5, 0.6) is 0 Å². The van der Waals surface area contributed by atoms with E-state index in [4.69, 9.17) is 0 Å². The fourth-order valence-corrected chi connectivity index (χ4v) is 2.36. The summed E-state index contributed by atoms with van der Waals surface area (Å²) in [6.45, 7) is 6.86. The smallest absolute Gasteiger partial charge is 0.0327 e. The first kappa shape index (κ1) is 12.7. The molecule has 3 heteroatoms. The van der Waals surface area contributed by atoms with Crippen LogP contribution in [0.25, 0.3) is 0 Å². The molecule has 86 valence electrons. The molecule has 0 saturated carbocycles. The van der Waals surface area contributed by atoms with E-state index in [-0.39, 0.29) is 0 Å². The molecule has 1 aromatic rings. The fourth-order valence-electron chi connectivity index (χ4n) is 1.61. The van der Waals surface area contributed by atoms with Crippen molar-refractivity contribution in [1.29, 1.82) is 0 Å². The van der Waals surface area contributed by atoms with Crippen molar-refractivity contribution in [2.75, 3.05) is 26.7 Å². The molecule has 15 heavy (non-hydrogen) atoms. The number of nitrogens with zero attached hydrogens (tertiary/aromatic N) is 1. The standard InChI is InChI=1S/C12H22N2S/c1-3-14(9-5-4-8-13-2)11-12-7-6-10-15-12/h6-7,10,13H,3-5,8-9,11H2,1-2H3. The monoisotopic (exact) mass is 226 g/mol. The summed E-state index contributed by atoms with van der Waals surface area (Å²) in [6.07, 6.45) is 2.57. The number of hydrogen-bond acceptors (Lipinski definition) is 3. The predicted octanol–water partition coefficient (Wildman–Crippen LogP) is 2.57. The van der Waals surface area contributed by atoms with E-state index in [0.717, 1.165) is 19.6 Å². The van der Waals surface area contributed by atoms with Gasteiger partial charge in [0.05, 0.1) is 0 Å². The van der Waals surface area contributed by atoms with Crippen molar-refractivity contribution in [2.24, 2.45) is 0 Å². The second-order valence-electron chi connectivity index (χ2n) is 3.76. The molecule has 0 amide bonds. The third kappa shape index (κ3) is 5.30. The van der Waals surface area contributed by atoms with Crippen molar-refractivity contribution in [3.8, 4) is 0 Å². The Morgan fingerprint density at radius 3 is 2.87 bits per heavy atom. The zero-order valence-electron chi connectivity index (χ0n) is 9.83. The van der Waals surface area contributed by atoms with Crippen LogP contribution in [0.1, 0.15) is 24.6 Å². The summed E-state index contributed by atoms with van der Waals surface area (Å²) in [5.74, 6) is 0. The van der Waals surface area contributed by atoms with Crippen LogP contribution in [0.15, 0.2) is 17.5 Å². The van der Waals surface area contributed by atoms with Crippen LogP contribution >= 0.6 is 11.3 Å². The lowest BCUT2D eigenvalue weighted by molar-refractivity contribution is 0.276. The van der Waals surface area contributed by atoms with Gasteiger partial charge < -0.3 is 5.32 Å². The molecule has 0 aromatic carbocycles. The van der Waals surface area contributed by atoms with Crippen LogP contribution in [0.3, 0.4) is 0 Å². The Balaban J connectivity index is 2.18. The Morgan fingerprint density at radius 1 is 1.40 bits per heavy atom. The molecule has 0 atom stereocenters. The lowest BCUT2D eigenvalue weighted by Crippen LogP contribution is -2.24. The second-order valence-corrected chi connectivity index (χ2v) is 4.79. The molecule has 0 aliphatic carbocycles. The van der Waals surface area contributed by atoms with Gasteiger partial charge in [-0.15, -0.1) is 11.3 Å². The summed E-state index contributed by atoms with van der Waals surface area (Å²) in [5, 5.41) is 5.35. The van der Waals surface area contributed by atoms with E-state index < -0.39 is 0 Å². The summed E-state index contributed by atoms with van der Waals surface area (Å²) >= 11 is 1.86. The number of nitrogens with one attached hydrogen (secondary N) is 1. The van der Waals surface area contributed by atoms with Crippen molar-refractivity contribution in [3.05, 3.63) is 22.4 Å². The van der Waals surface area contributed by atoms with Gasteiger partial charge in [-0.05, 0) is 51.0 Å². The van der Waals surface area contributed by atoms with Crippen molar-refractivity contribution < 1.29 is 0 Å². The first-order chi connectivity index (χ1) is 7.36. The van der Waals surface area contributed by atoms with Gasteiger partial charge in [0.25, 0.3) is 0 Å². The molecule has 0 saturated heterocycles. The average molecular weight is 226 g/mol. The Morgan fingerprint density at radius 2 is 2.27 bits per heavy atom.